The van der Waals surface area contributed by atoms with Crippen LogP contribution >= 0.6 is 0 Å². The van der Waals surface area contributed by atoms with Crippen molar-refractivity contribution < 1.29 is 14.3 Å². The van der Waals surface area contributed by atoms with Crippen LogP contribution in [0.2, 0.25) is 0 Å². The van der Waals surface area contributed by atoms with Gasteiger partial charge in [-0.05, 0) is 38.8 Å². The Kier molecular flexibility index (Phi) is 13.6. The Labute approximate surface area is 110 Å². The van der Waals surface area contributed by atoms with Gasteiger partial charge in [-0.1, -0.05) is 25.7 Å². The first-order valence-electron chi connectivity index (χ1n) is 7.01. The zero-order valence-electron chi connectivity index (χ0n) is 11.4. The standard InChI is InChI=1S/C13H28N2O3/c14-9-5-1-3-7-11-17-13(16)18-12-8-4-2-6-10-15/h1-12,14-15H2. The summed E-state index contributed by atoms with van der Waals surface area (Å²) < 4.78 is 9.88. The molecule has 0 amide bonds. The molecular formula is C13H28N2O3. The van der Waals surface area contributed by atoms with Crippen molar-refractivity contribution in [1.82, 2.24) is 0 Å². The Bertz CT molecular complexity index is 171. The molecule has 0 aromatic heterocycles. The van der Waals surface area contributed by atoms with Crippen molar-refractivity contribution in [1.29, 1.82) is 0 Å². The van der Waals surface area contributed by atoms with Crippen molar-refractivity contribution in [2.24, 2.45) is 11.5 Å². The molecule has 0 aliphatic carbocycles. The molecule has 0 unspecified atom stereocenters. The SMILES string of the molecule is NCCCCCCOC(=O)OCCCCCCN. The Hall–Kier alpha value is -0.810. The molecule has 18 heavy (non-hydrogen) atoms. The van der Waals surface area contributed by atoms with Crippen LogP contribution < -0.4 is 11.5 Å². The first-order chi connectivity index (χ1) is 8.81. The second kappa shape index (κ2) is 14.3. The molecule has 0 spiro atoms. The molecule has 0 rings (SSSR count). The highest BCUT2D eigenvalue weighted by Crippen LogP contribution is 2.01. The van der Waals surface area contributed by atoms with E-state index >= 15 is 0 Å². The Balaban J connectivity index is 3.12. The summed E-state index contributed by atoms with van der Waals surface area (Å²) in [6.07, 6.45) is 7.56. The smallest absolute Gasteiger partial charge is 0.434 e. The molecule has 4 N–H and O–H groups in total. The van der Waals surface area contributed by atoms with E-state index in [4.69, 9.17) is 20.9 Å². The molecule has 0 fully saturated rings. The van der Waals surface area contributed by atoms with E-state index in [0.29, 0.717) is 13.2 Å². The van der Waals surface area contributed by atoms with Gasteiger partial charge >= 0.3 is 6.16 Å². The largest absolute Gasteiger partial charge is 0.508 e. The average Bonchev–Trinajstić information content (AvgIpc) is 2.38. The van der Waals surface area contributed by atoms with Gasteiger partial charge in [-0.25, -0.2) is 4.79 Å². The molecule has 108 valence electrons. The van der Waals surface area contributed by atoms with Crippen LogP contribution in [0, 0.1) is 0 Å². The fourth-order valence-corrected chi connectivity index (χ4v) is 1.55. The average molecular weight is 260 g/mol. The number of unbranched alkanes of at least 4 members (excludes halogenated alkanes) is 6. The van der Waals surface area contributed by atoms with Crippen LogP contribution in [0.1, 0.15) is 51.4 Å². The highest BCUT2D eigenvalue weighted by molar-refractivity contribution is 5.59. The maximum atomic E-state index is 11.1. The molecular weight excluding hydrogens is 232 g/mol. The predicted molar refractivity (Wildman–Crippen MR) is 72.3 cm³/mol. The second-order valence-electron chi connectivity index (χ2n) is 4.35. The highest BCUT2D eigenvalue weighted by atomic mass is 16.7. The minimum atomic E-state index is -0.548. The lowest BCUT2D eigenvalue weighted by atomic mass is 10.2. The van der Waals surface area contributed by atoms with Gasteiger partial charge in [0.15, 0.2) is 0 Å². The summed E-state index contributed by atoms with van der Waals surface area (Å²) in [6.45, 7) is 2.34. The van der Waals surface area contributed by atoms with Crippen LogP contribution in [0.3, 0.4) is 0 Å². The maximum absolute atomic E-state index is 11.1. The lowest BCUT2D eigenvalue weighted by Gasteiger charge is -2.06. The second-order valence-corrected chi connectivity index (χ2v) is 4.35. The van der Waals surface area contributed by atoms with E-state index in [1.165, 1.54) is 0 Å². The summed E-state index contributed by atoms with van der Waals surface area (Å²) in [4.78, 5) is 11.1. The van der Waals surface area contributed by atoms with Gasteiger partial charge in [0.2, 0.25) is 0 Å². The number of carbonyl (C=O) groups excluding carboxylic acids is 1. The van der Waals surface area contributed by atoms with Crippen LogP contribution in [0.15, 0.2) is 0 Å². The topological polar surface area (TPSA) is 87.6 Å². The van der Waals surface area contributed by atoms with Crippen LogP contribution in [-0.2, 0) is 9.47 Å². The van der Waals surface area contributed by atoms with Crippen molar-refractivity contribution >= 4 is 6.16 Å². The van der Waals surface area contributed by atoms with Crippen LogP contribution in [-0.4, -0.2) is 32.5 Å². The van der Waals surface area contributed by atoms with Crippen LogP contribution in [0.25, 0.3) is 0 Å². The van der Waals surface area contributed by atoms with Gasteiger partial charge in [-0.2, -0.15) is 0 Å². The monoisotopic (exact) mass is 260 g/mol. The van der Waals surface area contributed by atoms with E-state index in [-0.39, 0.29) is 0 Å². The number of rotatable bonds is 12. The summed E-state index contributed by atoms with van der Waals surface area (Å²) in [7, 11) is 0. The van der Waals surface area contributed by atoms with Crippen molar-refractivity contribution in [3.8, 4) is 0 Å². The molecule has 0 saturated carbocycles. The van der Waals surface area contributed by atoms with Gasteiger partial charge < -0.3 is 20.9 Å². The van der Waals surface area contributed by atoms with Gasteiger partial charge in [0.05, 0.1) is 13.2 Å². The number of ether oxygens (including phenoxy) is 2. The van der Waals surface area contributed by atoms with E-state index in [9.17, 15) is 4.79 Å². The van der Waals surface area contributed by atoms with E-state index in [1.54, 1.807) is 0 Å². The molecule has 0 atom stereocenters. The normalized spacial score (nSPS) is 10.3. The van der Waals surface area contributed by atoms with Gasteiger partial charge in [-0.15, -0.1) is 0 Å². The molecule has 0 bridgehead atoms. The molecule has 0 aromatic carbocycles. The van der Waals surface area contributed by atoms with Crippen molar-refractivity contribution in [2.45, 2.75) is 51.4 Å². The van der Waals surface area contributed by atoms with E-state index in [0.717, 1.165) is 64.5 Å². The zero-order chi connectivity index (χ0) is 13.5. The van der Waals surface area contributed by atoms with Gasteiger partial charge in [0, 0.05) is 0 Å². The highest BCUT2D eigenvalue weighted by Gasteiger charge is 2.02. The minimum absolute atomic E-state index is 0.441. The molecule has 0 aromatic rings. The summed E-state index contributed by atoms with van der Waals surface area (Å²) >= 11 is 0. The Morgan fingerprint density at radius 3 is 1.44 bits per heavy atom. The molecule has 0 heterocycles. The third kappa shape index (κ3) is 13.3. The molecule has 5 heteroatoms. The number of hydrogen-bond acceptors (Lipinski definition) is 5. The van der Waals surface area contributed by atoms with Crippen LogP contribution in [0.5, 0.6) is 0 Å². The lowest BCUT2D eigenvalue weighted by Crippen LogP contribution is -2.09. The number of hydrogen-bond donors (Lipinski definition) is 2. The zero-order valence-corrected chi connectivity index (χ0v) is 11.4. The van der Waals surface area contributed by atoms with E-state index < -0.39 is 6.16 Å². The molecule has 0 aliphatic heterocycles. The summed E-state index contributed by atoms with van der Waals surface area (Å²) in [5.74, 6) is 0. The summed E-state index contributed by atoms with van der Waals surface area (Å²) in [5, 5.41) is 0. The van der Waals surface area contributed by atoms with Crippen molar-refractivity contribution in [2.75, 3.05) is 26.3 Å². The first-order valence-corrected chi connectivity index (χ1v) is 7.01. The fraction of sp³-hybridized carbons (Fsp3) is 0.923. The summed E-state index contributed by atoms with van der Waals surface area (Å²) in [6, 6.07) is 0. The van der Waals surface area contributed by atoms with Gasteiger partial charge in [0.25, 0.3) is 0 Å². The lowest BCUT2D eigenvalue weighted by molar-refractivity contribution is 0.0529. The van der Waals surface area contributed by atoms with Crippen LogP contribution in [0.4, 0.5) is 4.79 Å². The Morgan fingerprint density at radius 2 is 1.06 bits per heavy atom. The molecule has 5 nitrogen and oxygen atoms in total. The number of carbonyl (C=O) groups is 1. The van der Waals surface area contributed by atoms with Gasteiger partial charge in [0.1, 0.15) is 0 Å². The first kappa shape index (κ1) is 17.2. The summed E-state index contributed by atoms with van der Waals surface area (Å²) in [5.41, 5.74) is 10.8. The number of nitrogens with two attached hydrogens (primary N) is 2. The molecule has 0 aliphatic rings. The quantitative estimate of drug-likeness (QED) is 0.415. The maximum Gasteiger partial charge on any atom is 0.508 e. The van der Waals surface area contributed by atoms with Crippen molar-refractivity contribution in [3.05, 3.63) is 0 Å². The molecule has 0 radical (unpaired) electrons. The predicted octanol–water partition coefficient (Wildman–Crippen LogP) is 2.18. The van der Waals surface area contributed by atoms with E-state index in [2.05, 4.69) is 0 Å². The molecule has 0 saturated heterocycles. The van der Waals surface area contributed by atoms with E-state index in [1.807, 2.05) is 0 Å². The fourth-order valence-electron chi connectivity index (χ4n) is 1.55. The minimum Gasteiger partial charge on any atom is -0.434 e. The van der Waals surface area contributed by atoms with Gasteiger partial charge in [-0.3, -0.25) is 0 Å². The third-order valence-corrected chi connectivity index (χ3v) is 2.64. The third-order valence-electron chi connectivity index (χ3n) is 2.64. The Morgan fingerprint density at radius 1 is 0.667 bits per heavy atom. The van der Waals surface area contributed by atoms with Crippen molar-refractivity contribution in [3.63, 3.8) is 0 Å².